The van der Waals surface area contributed by atoms with E-state index in [1.807, 2.05) is 13.1 Å². The lowest BCUT2D eigenvalue weighted by Gasteiger charge is -2.37. The van der Waals surface area contributed by atoms with Gasteiger partial charge in [-0.15, -0.1) is 0 Å². The second-order valence-electron chi connectivity index (χ2n) is 5.83. The van der Waals surface area contributed by atoms with Gasteiger partial charge in [-0.25, -0.2) is 4.39 Å². The molecule has 6 nitrogen and oxygen atoms in total. The molecule has 1 aliphatic rings. The monoisotopic (exact) mass is 315 g/mol. The van der Waals surface area contributed by atoms with Gasteiger partial charge in [0.05, 0.1) is 11.6 Å². The predicted octanol–water partition coefficient (Wildman–Crippen LogP) is 1.88. The molecule has 0 unspecified atom stereocenters. The van der Waals surface area contributed by atoms with Crippen molar-refractivity contribution in [1.29, 1.82) is 5.26 Å². The molecular formula is C16H18FN5O. The van der Waals surface area contributed by atoms with Crippen molar-refractivity contribution in [2.45, 2.75) is 19.5 Å². The number of aromatic nitrogens is 2. The lowest BCUT2D eigenvalue weighted by Crippen LogP contribution is -2.46. The molecule has 120 valence electrons. The molecule has 1 fully saturated rings. The molecule has 0 aliphatic carbocycles. The maximum Gasteiger partial charge on any atom is 0.245 e. The van der Waals surface area contributed by atoms with Gasteiger partial charge in [0.1, 0.15) is 11.9 Å². The van der Waals surface area contributed by atoms with E-state index in [2.05, 4.69) is 19.9 Å². The van der Waals surface area contributed by atoms with Crippen molar-refractivity contribution < 1.29 is 8.91 Å². The summed E-state index contributed by atoms with van der Waals surface area (Å²) in [4.78, 5) is 8.61. The van der Waals surface area contributed by atoms with Crippen molar-refractivity contribution in [2.75, 3.05) is 26.7 Å². The van der Waals surface area contributed by atoms with Gasteiger partial charge in [0.15, 0.2) is 5.82 Å². The van der Waals surface area contributed by atoms with Crippen LogP contribution in [0, 0.1) is 24.1 Å². The van der Waals surface area contributed by atoms with E-state index in [1.54, 1.807) is 13.0 Å². The minimum absolute atomic E-state index is 0.00726. The Hall–Kier alpha value is -2.30. The fraction of sp³-hybridized carbons (Fsp3) is 0.438. The highest BCUT2D eigenvalue weighted by Gasteiger charge is 2.30. The van der Waals surface area contributed by atoms with Crippen molar-refractivity contribution in [3.63, 3.8) is 0 Å². The molecule has 2 aromatic rings. The van der Waals surface area contributed by atoms with Crippen molar-refractivity contribution in [3.8, 4) is 6.07 Å². The third-order valence-corrected chi connectivity index (χ3v) is 4.13. The van der Waals surface area contributed by atoms with Crippen molar-refractivity contribution in [1.82, 2.24) is 19.9 Å². The summed E-state index contributed by atoms with van der Waals surface area (Å²) in [6, 6.07) is 6.50. The fourth-order valence-electron chi connectivity index (χ4n) is 2.80. The molecule has 7 heteroatoms. The van der Waals surface area contributed by atoms with Crippen molar-refractivity contribution in [3.05, 3.63) is 46.9 Å². The van der Waals surface area contributed by atoms with E-state index in [1.165, 1.54) is 12.1 Å². The van der Waals surface area contributed by atoms with Gasteiger partial charge in [0, 0.05) is 31.7 Å². The predicted molar refractivity (Wildman–Crippen MR) is 80.8 cm³/mol. The molecule has 0 amide bonds. The number of hydrogen-bond donors (Lipinski definition) is 0. The summed E-state index contributed by atoms with van der Waals surface area (Å²) in [7, 11) is 2.01. The van der Waals surface area contributed by atoms with Crippen LogP contribution in [0.15, 0.2) is 22.7 Å². The number of nitrogens with zero attached hydrogens (tertiary/aromatic N) is 5. The van der Waals surface area contributed by atoms with Crippen LogP contribution < -0.4 is 0 Å². The van der Waals surface area contributed by atoms with Crippen LogP contribution in [0.1, 0.15) is 28.9 Å². The van der Waals surface area contributed by atoms with Crippen LogP contribution in [-0.2, 0) is 6.54 Å². The van der Waals surface area contributed by atoms with Gasteiger partial charge >= 0.3 is 0 Å². The Balaban J connectivity index is 1.75. The normalized spacial score (nSPS) is 19.7. The Morgan fingerprint density at radius 3 is 2.96 bits per heavy atom. The van der Waals surface area contributed by atoms with Crippen LogP contribution >= 0.6 is 0 Å². The zero-order valence-electron chi connectivity index (χ0n) is 13.2. The summed E-state index contributed by atoms with van der Waals surface area (Å²) in [5, 5.41) is 12.8. The van der Waals surface area contributed by atoms with E-state index in [-0.39, 0.29) is 11.9 Å². The zero-order chi connectivity index (χ0) is 16.4. The van der Waals surface area contributed by atoms with Gasteiger partial charge in [0.25, 0.3) is 0 Å². The number of likely N-dealkylation sites (N-methyl/N-ethyl adjacent to an activating group) is 1. The first-order chi connectivity index (χ1) is 11.1. The molecule has 1 aromatic carbocycles. The van der Waals surface area contributed by atoms with Gasteiger partial charge in [0.2, 0.25) is 5.89 Å². The van der Waals surface area contributed by atoms with Gasteiger partial charge < -0.3 is 4.52 Å². The Morgan fingerprint density at radius 1 is 1.43 bits per heavy atom. The average Bonchev–Trinajstić information content (AvgIpc) is 2.97. The summed E-state index contributed by atoms with van der Waals surface area (Å²) in [6.07, 6.45) is 0. The third-order valence-electron chi connectivity index (χ3n) is 4.13. The molecule has 0 N–H and O–H groups in total. The summed E-state index contributed by atoms with van der Waals surface area (Å²) in [5.41, 5.74) is 1.01. The molecule has 1 aliphatic heterocycles. The summed E-state index contributed by atoms with van der Waals surface area (Å²) >= 11 is 0. The summed E-state index contributed by atoms with van der Waals surface area (Å²) in [5.74, 6) is 0.910. The molecule has 3 rings (SSSR count). The second kappa shape index (κ2) is 6.44. The lowest BCUT2D eigenvalue weighted by molar-refractivity contribution is 0.0708. The maximum atomic E-state index is 14.0. The number of hydrogen-bond acceptors (Lipinski definition) is 6. The Kier molecular flexibility index (Phi) is 4.37. The van der Waals surface area contributed by atoms with Crippen LogP contribution in [0.25, 0.3) is 0 Å². The topological polar surface area (TPSA) is 69.2 Å². The largest absolute Gasteiger partial charge is 0.338 e. The molecule has 1 aromatic heterocycles. The van der Waals surface area contributed by atoms with Crippen LogP contribution in [-0.4, -0.2) is 46.6 Å². The minimum atomic E-state index is -0.284. The molecule has 0 bridgehead atoms. The fourth-order valence-corrected chi connectivity index (χ4v) is 2.80. The lowest BCUT2D eigenvalue weighted by atomic mass is 10.1. The first-order valence-corrected chi connectivity index (χ1v) is 7.48. The number of benzene rings is 1. The first-order valence-electron chi connectivity index (χ1n) is 7.48. The standard InChI is InChI=1S/C16H18FN5O/c1-11-19-16(23-20-11)15-10-22(6-5-21(15)2)9-13-7-12(8-18)3-4-14(13)17/h3-4,7,15H,5-6,9-10H2,1-2H3/t15-/m0/s1. The number of piperazine rings is 1. The number of nitriles is 1. The molecular weight excluding hydrogens is 297 g/mol. The van der Waals surface area contributed by atoms with Gasteiger partial charge in [-0.05, 0) is 32.2 Å². The van der Waals surface area contributed by atoms with Crippen LogP contribution in [0.4, 0.5) is 4.39 Å². The number of aryl methyl sites for hydroxylation is 1. The molecule has 0 radical (unpaired) electrons. The molecule has 1 atom stereocenters. The Morgan fingerprint density at radius 2 is 2.26 bits per heavy atom. The van der Waals surface area contributed by atoms with E-state index in [4.69, 9.17) is 9.78 Å². The van der Waals surface area contributed by atoms with Crippen LogP contribution in [0.5, 0.6) is 0 Å². The smallest absolute Gasteiger partial charge is 0.245 e. The SMILES string of the molecule is Cc1noc([C@@H]2CN(Cc3cc(C#N)ccc3F)CCN2C)n1. The molecule has 2 heterocycles. The van der Waals surface area contributed by atoms with E-state index >= 15 is 0 Å². The van der Waals surface area contributed by atoms with Crippen molar-refractivity contribution >= 4 is 0 Å². The molecule has 0 saturated carbocycles. The van der Waals surface area contributed by atoms with Crippen LogP contribution in [0.2, 0.25) is 0 Å². The average molecular weight is 315 g/mol. The Bertz CT molecular complexity index is 738. The van der Waals surface area contributed by atoms with E-state index in [0.29, 0.717) is 35.9 Å². The van der Waals surface area contributed by atoms with E-state index in [0.717, 1.165) is 13.1 Å². The first kappa shape index (κ1) is 15.6. The highest BCUT2D eigenvalue weighted by atomic mass is 19.1. The number of rotatable bonds is 3. The van der Waals surface area contributed by atoms with Gasteiger partial charge in [-0.1, -0.05) is 5.16 Å². The highest BCUT2D eigenvalue weighted by molar-refractivity contribution is 5.33. The summed E-state index contributed by atoms with van der Waals surface area (Å²) < 4.78 is 19.3. The third kappa shape index (κ3) is 3.38. The summed E-state index contributed by atoms with van der Waals surface area (Å²) in [6.45, 7) is 4.56. The molecule has 0 spiro atoms. The van der Waals surface area contributed by atoms with Crippen molar-refractivity contribution in [2.24, 2.45) is 0 Å². The second-order valence-corrected chi connectivity index (χ2v) is 5.83. The van der Waals surface area contributed by atoms with Gasteiger partial charge in [-0.3, -0.25) is 9.80 Å². The highest BCUT2D eigenvalue weighted by Crippen LogP contribution is 2.24. The quantitative estimate of drug-likeness (QED) is 0.861. The van der Waals surface area contributed by atoms with E-state index in [9.17, 15) is 4.39 Å². The van der Waals surface area contributed by atoms with Gasteiger partial charge in [-0.2, -0.15) is 10.2 Å². The van der Waals surface area contributed by atoms with E-state index < -0.39 is 0 Å². The molecule has 23 heavy (non-hydrogen) atoms. The number of halogens is 1. The maximum absolute atomic E-state index is 14.0. The molecule has 1 saturated heterocycles. The zero-order valence-corrected chi connectivity index (χ0v) is 13.2. The Labute approximate surface area is 134 Å². The minimum Gasteiger partial charge on any atom is -0.338 e. The van der Waals surface area contributed by atoms with Crippen LogP contribution in [0.3, 0.4) is 0 Å².